The maximum Gasteiger partial charge on any atom is 0.328 e. The average Bonchev–Trinajstić information content (AvgIpc) is 2.83. The first-order chi connectivity index (χ1) is 17.5. The van der Waals surface area contributed by atoms with Crippen LogP contribution in [0.3, 0.4) is 0 Å². The molecule has 1 aromatic heterocycles. The number of esters is 2. The lowest BCUT2D eigenvalue weighted by molar-refractivity contribution is -0.168. The molecule has 8 heteroatoms. The van der Waals surface area contributed by atoms with Gasteiger partial charge >= 0.3 is 11.9 Å². The summed E-state index contributed by atoms with van der Waals surface area (Å²) < 4.78 is 16.3. The Labute approximate surface area is 218 Å². The summed E-state index contributed by atoms with van der Waals surface area (Å²) in [7, 11) is 0. The number of aryl methyl sites for hydroxylation is 1. The molecule has 0 radical (unpaired) electrons. The molecular formula is C29H37NO7. The molecule has 0 aliphatic rings. The fraction of sp³-hybridized carbons (Fsp3) is 0.483. The van der Waals surface area contributed by atoms with Gasteiger partial charge < -0.3 is 14.2 Å². The second-order valence-electron chi connectivity index (χ2n) is 9.90. The van der Waals surface area contributed by atoms with Gasteiger partial charge in [-0.1, -0.05) is 36.8 Å². The van der Waals surface area contributed by atoms with Gasteiger partial charge in [-0.15, -0.1) is 0 Å². The van der Waals surface area contributed by atoms with E-state index in [9.17, 15) is 19.2 Å². The molecule has 2 rings (SSSR count). The molecule has 0 fully saturated rings. The highest BCUT2D eigenvalue weighted by molar-refractivity contribution is 6.27. The summed E-state index contributed by atoms with van der Waals surface area (Å²) in [5.74, 6) is -2.70. The van der Waals surface area contributed by atoms with Gasteiger partial charge in [-0.05, 0) is 64.7 Å². The molecule has 0 aliphatic carbocycles. The molecule has 0 amide bonds. The van der Waals surface area contributed by atoms with Gasteiger partial charge in [0.05, 0.1) is 13.2 Å². The van der Waals surface area contributed by atoms with Crippen molar-refractivity contribution >= 4 is 23.5 Å². The molecule has 1 aromatic carbocycles. The maximum absolute atomic E-state index is 13.9. The minimum absolute atomic E-state index is 0.108. The van der Waals surface area contributed by atoms with Gasteiger partial charge in [-0.3, -0.25) is 24.2 Å². The fourth-order valence-corrected chi connectivity index (χ4v) is 3.83. The Hall–Kier alpha value is -3.39. The minimum atomic E-state index is -2.14. The van der Waals surface area contributed by atoms with Crippen LogP contribution in [0, 0.1) is 12.3 Å². The Balaban J connectivity index is 2.40. The summed E-state index contributed by atoms with van der Waals surface area (Å²) in [5, 5.41) is 0. The molecule has 1 unspecified atom stereocenters. The van der Waals surface area contributed by atoms with Crippen molar-refractivity contribution in [3.8, 4) is 0 Å². The second-order valence-corrected chi connectivity index (χ2v) is 9.90. The molecule has 0 N–H and O–H groups in total. The second kappa shape index (κ2) is 13.8. The molecule has 8 nitrogen and oxygen atoms in total. The molecule has 0 spiro atoms. The van der Waals surface area contributed by atoms with E-state index in [-0.39, 0.29) is 44.0 Å². The molecule has 37 heavy (non-hydrogen) atoms. The van der Waals surface area contributed by atoms with Crippen molar-refractivity contribution in [1.82, 2.24) is 4.98 Å². The molecule has 2 aromatic rings. The van der Waals surface area contributed by atoms with E-state index in [0.29, 0.717) is 12.0 Å². The third-order valence-corrected chi connectivity index (χ3v) is 5.58. The summed E-state index contributed by atoms with van der Waals surface area (Å²) in [6, 6.07) is 10.9. The minimum Gasteiger partial charge on any atom is -0.466 e. The van der Waals surface area contributed by atoms with Gasteiger partial charge in [0.15, 0.2) is 17.0 Å². The average molecular weight is 512 g/mol. The predicted molar refractivity (Wildman–Crippen MR) is 138 cm³/mol. The van der Waals surface area contributed by atoms with Crippen molar-refractivity contribution in [3.05, 3.63) is 65.5 Å². The monoisotopic (exact) mass is 511 g/mol. The van der Waals surface area contributed by atoms with Crippen molar-refractivity contribution in [1.29, 1.82) is 0 Å². The Morgan fingerprint density at radius 2 is 1.68 bits per heavy atom. The van der Waals surface area contributed by atoms with Crippen molar-refractivity contribution < 1.29 is 33.4 Å². The van der Waals surface area contributed by atoms with E-state index in [4.69, 9.17) is 14.2 Å². The van der Waals surface area contributed by atoms with E-state index in [1.165, 1.54) is 6.20 Å². The number of ether oxygens (including phenoxy) is 3. The standard InChI is InChI=1S/C29H37NO7/c1-6-36-25(32)14-10-11-15-29(27(34)37-28(3,4)5,26(33)23-16-21(2)17-30-18-23)24(31)20-35-19-22-12-8-7-9-13-22/h7-9,12-13,16-18H,6,10-11,14-15,19-20H2,1-5H3. The smallest absolute Gasteiger partial charge is 0.328 e. The highest BCUT2D eigenvalue weighted by Crippen LogP contribution is 2.35. The van der Waals surface area contributed by atoms with Gasteiger partial charge in [-0.25, -0.2) is 0 Å². The van der Waals surface area contributed by atoms with Gasteiger partial charge in [0.25, 0.3) is 0 Å². The first-order valence-corrected chi connectivity index (χ1v) is 12.5. The van der Waals surface area contributed by atoms with Gasteiger partial charge in [0.1, 0.15) is 12.2 Å². The summed E-state index contributed by atoms with van der Waals surface area (Å²) in [5.41, 5.74) is -1.40. The third kappa shape index (κ3) is 8.89. The van der Waals surface area contributed by atoms with Crippen LogP contribution in [0.2, 0.25) is 0 Å². The zero-order valence-electron chi connectivity index (χ0n) is 22.4. The van der Waals surface area contributed by atoms with Crippen LogP contribution >= 0.6 is 0 Å². The molecule has 200 valence electrons. The zero-order valence-corrected chi connectivity index (χ0v) is 22.4. The molecule has 0 aliphatic heterocycles. The van der Waals surface area contributed by atoms with E-state index >= 15 is 0 Å². The number of aromatic nitrogens is 1. The lowest BCUT2D eigenvalue weighted by Gasteiger charge is -2.32. The Morgan fingerprint density at radius 3 is 2.30 bits per heavy atom. The molecule has 1 heterocycles. The number of carbonyl (C=O) groups is 4. The normalized spacial score (nSPS) is 12.9. The molecule has 0 saturated carbocycles. The van der Waals surface area contributed by atoms with Crippen LogP contribution in [0.15, 0.2) is 48.8 Å². The van der Waals surface area contributed by atoms with Crippen LogP contribution in [0.1, 0.15) is 74.9 Å². The number of unbranched alkanes of at least 4 members (excludes halogenated alkanes) is 1. The fourth-order valence-electron chi connectivity index (χ4n) is 3.83. The van der Waals surface area contributed by atoms with Gasteiger partial charge in [0, 0.05) is 24.4 Å². The number of ketones is 2. The highest BCUT2D eigenvalue weighted by Gasteiger charge is 2.54. The van der Waals surface area contributed by atoms with E-state index in [0.717, 1.165) is 5.56 Å². The van der Waals surface area contributed by atoms with Crippen molar-refractivity contribution in [3.63, 3.8) is 0 Å². The Bertz CT molecular complexity index is 1080. The van der Waals surface area contributed by atoms with Gasteiger partial charge in [-0.2, -0.15) is 0 Å². The first-order valence-electron chi connectivity index (χ1n) is 12.5. The lowest BCUT2D eigenvalue weighted by atomic mass is 9.72. The number of pyridine rings is 1. The van der Waals surface area contributed by atoms with Gasteiger partial charge in [0.2, 0.25) is 0 Å². The van der Waals surface area contributed by atoms with Crippen LogP contribution < -0.4 is 0 Å². The van der Waals surface area contributed by atoms with E-state index in [1.807, 2.05) is 30.3 Å². The van der Waals surface area contributed by atoms with Crippen LogP contribution in [0.5, 0.6) is 0 Å². The maximum atomic E-state index is 13.9. The topological polar surface area (TPSA) is 109 Å². The van der Waals surface area contributed by atoms with Crippen LogP contribution in [0.25, 0.3) is 0 Å². The Kier molecular flexibility index (Phi) is 11.1. The molecule has 0 saturated heterocycles. The molecule has 1 atom stereocenters. The summed E-state index contributed by atoms with van der Waals surface area (Å²) in [4.78, 5) is 57.2. The van der Waals surface area contributed by atoms with Crippen molar-refractivity contribution in [2.45, 2.75) is 72.5 Å². The number of benzene rings is 1. The lowest BCUT2D eigenvalue weighted by Crippen LogP contribution is -2.51. The van der Waals surface area contributed by atoms with Crippen LogP contribution in [-0.4, -0.2) is 47.3 Å². The van der Waals surface area contributed by atoms with Crippen molar-refractivity contribution in [2.24, 2.45) is 5.41 Å². The van der Waals surface area contributed by atoms with E-state index in [1.54, 1.807) is 46.9 Å². The number of hydrogen-bond acceptors (Lipinski definition) is 8. The number of carbonyl (C=O) groups excluding carboxylic acids is 4. The summed E-state index contributed by atoms with van der Waals surface area (Å²) >= 11 is 0. The SMILES string of the molecule is CCOC(=O)CCCCC(C(=O)COCc1ccccc1)(C(=O)OC(C)(C)C)C(=O)c1cncc(C)c1. The number of rotatable bonds is 14. The number of hydrogen-bond donors (Lipinski definition) is 0. The first kappa shape index (κ1) is 29.8. The predicted octanol–water partition coefficient (Wildman–Crippen LogP) is 4.81. The number of nitrogens with zero attached hydrogens (tertiary/aromatic N) is 1. The number of Topliss-reactive ketones (excluding diaryl/α,β-unsaturated/α-hetero) is 2. The summed E-state index contributed by atoms with van der Waals surface area (Å²) in [6.07, 6.45) is 3.47. The largest absolute Gasteiger partial charge is 0.466 e. The highest BCUT2D eigenvalue weighted by atomic mass is 16.6. The third-order valence-electron chi connectivity index (χ3n) is 5.58. The van der Waals surface area contributed by atoms with Crippen LogP contribution in [0.4, 0.5) is 0 Å². The van der Waals surface area contributed by atoms with Crippen molar-refractivity contribution in [2.75, 3.05) is 13.2 Å². The Morgan fingerprint density at radius 1 is 0.973 bits per heavy atom. The van der Waals surface area contributed by atoms with E-state index in [2.05, 4.69) is 4.98 Å². The summed E-state index contributed by atoms with van der Waals surface area (Å²) in [6.45, 7) is 8.44. The van der Waals surface area contributed by atoms with Crippen LogP contribution in [-0.2, 0) is 35.2 Å². The quantitative estimate of drug-likeness (QED) is 0.154. The van der Waals surface area contributed by atoms with E-state index < -0.39 is 35.2 Å². The molecular weight excluding hydrogens is 474 g/mol. The zero-order chi connectivity index (χ0) is 27.5. The molecule has 0 bridgehead atoms.